The molecule has 0 bridgehead atoms. The van der Waals surface area contributed by atoms with Crippen molar-refractivity contribution in [2.45, 2.75) is 5.16 Å². The monoisotopic (exact) mass is 444 g/mol. The lowest BCUT2D eigenvalue weighted by molar-refractivity contribution is -0.113. The Morgan fingerprint density at radius 1 is 0.969 bits per heavy atom. The molecule has 0 aliphatic rings. The summed E-state index contributed by atoms with van der Waals surface area (Å²) < 4.78 is 15.7. The largest absolute Gasteiger partial charge is 0.323 e. The van der Waals surface area contributed by atoms with Crippen LogP contribution in [0.2, 0.25) is 0 Å². The molecule has 3 aromatic carbocycles. The maximum absolute atomic E-state index is 13.8. The van der Waals surface area contributed by atoms with Crippen LogP contribution in [0.4, 0.5) is 10.1 Å². The van der Waals surface area contributed by atoms with Gasteiger partial charge in [0.15, 0.2) is 11.0 Å². The number of H-pyrrole nitrogens is 1. The fourth-order valence-corrected chi connectivity index (χ4v) is 4.09. The number of hydrogen-bond acceptors (Lipinski definition) is 5. The van der Waals surface area contributed by atoms with E-state index >= 15 is 0 Å². The van der Waals surface area contributed by atoms with Gasteiger partial charge < -0.3 is 5.32 Å². The minimum Gasteiger partial charge on any atom is -0.323 e. The summed E-state index contributed by atoms with van der Waals surface area (Å²) >= 11 is 1.22. The molecule has 158 valence electrons. The van der Waals surface area contributed by atoms with Crippen molar-refractivity contribution in [2.24, 2.45) is 0 Å². The van der Waals surface area contributed by atoms with Gasteiger partial charge in [-0.15, -0.1) is 10.2 Å². The standard InChI is InChI=1S/C23H17FN6OS/c24-17-11-5-7-13-19(17)25-20(31)14-32-23-29-28-22(30(23)15-8-2-1-3-9-15)21-16-10-4-6-12-18(16)26-27-21/h1-13H,14H2,(H,25,31)(H,26,27). The summed E-state index contributed by atoms with van der Waals surface area (Å²) in [6, 6.07) is 23.5. The van der Waals surface area contributed by atoms with E-state index in [1.54, 1.807) is 12.1 Å². The van der Waals surface area contributed by atoms with E-state index in [9.17, 15) is 9.18 Å². The third-order valence-corrected chi connectivity index (χ3v) is 5.74. The highest BCUT2D eigenvalue weighted by Gasteiger charge is 2.21. The number of carbonyl (C=O) groups is 1. The molecule has 5 rings (SSSR count). The molecular formula is C23H17FN6OS. The summed E-state index contributed by atoms with van der Waals surface area (Å²) in [4.78, 5) is 12.4. The third-order valence-electron chi connectivity index (χ3n) is 4.81. The Kier molecular flexibility index (Phi) is 5.39. The lowest BCUT2D eigenvalue weighted by atomic mass is 10.2. The molecule has 0 radical (unpaired) electrons. The van der Waals surface area contributed by atoms with Gasteiger partial charge in [-0.25, -0.2) is 4.39 Å². The van der Waals surface area contributed by atoms with Gasteiger partial charge in [0.1, 0.15) is 11.5 Å². The van der Waals surface area contributed by atoms with Crippen LogP contribution in [-0.2, 0) is 4.79 Å². The molecule has 7 nitrogen and oxygen atoms in total. The number of nitrogens with one attached hydrogen (secondary N) is 2. The highest BCUT2D eigenvalue weighted by Crippen LogP contribution is 2.30. The molecule has 5 aromatic rings. The average molecular weight is 444 g/mol. The quantitative estimate of drug-likeness (QED) is 0.371. The van der Waals surface area contributed by atoms with Gasteiger partial charge in [0.05, 0.1) is 17.0 Å². The van der Waals surface area contributed by atoms with Crippen LogP contribution in [0.25, 0.3) is 28.1 Å². The zero-order chi connectivity index (χ0) is 21.9. The van der Waals surface area contributed by atoms with Gasteiger partial charge in [-0.2, -0.15) is 5.10 Å². The molecule has 0 atom stereocenters. The zero-order valence-electron chi connectivity index (χ0n) is 16.7. The van der Waals surface area contributed by atoms with E-state index < -0.39 is 5.82 Å². The lowest BCUT2D eigenvalue weighted by Gasteiger charge is -2.10. The number of amides is 1. The minimum atomic E-state index is -0.481. The fraction of sp³-hybridized carbons (Fsp3) is 0.0435. The Bertz CT molecular complexity index is 1400. The van der Waals surface area contributed by atoms with Gasteiger partial charge in [-0.1, -0.05) is 60.3 Å². The van der Waals surface area contributed by atoms with Crippen molar-refractivity contribution in [1.29, 1.82) is 0 Å². The van der Waals surface area contributed by atoms with E-state index in [1.165, 1.54) is 23.9 Å². The first-order valence-corrected chi connectivity index (χ1v) is 10.8. The van der Waals surface area contributed by atoms with Crippen LogP contribution in [0.15, 0.2) is 84.0 Å². The van der Waals surface area contributed by atoms with Crippen LogP contribution in [0, 0.1) is 5.82 Å². The van der Waals surface area contributed by atoms with Gasteiger partial charge in [-0.05, 0) is 30.3 Å². The van der Waals surface area contributed by atoms with Crippen molar-refractivity contribution in [3.8, 4) is 17.2 Å². The molecule has 0 saturated heterocycles. The topological polar surface area (TPSA) is 88.5 Å². The number of para-hydroxylation sites is 3. The summed E-state index contributed by atoms with van der Waals surface area (Å²) in [6.07, 6.45) is 0. The molecule has 9 heteroatoms. The van der Waals surface area contributed by atoms with E-state index in [-0.39, 0.29) is 17.3 Å². The van der Waals surface area contributed by atoms with Crippen molar-refractivity contribution in [3.63, 3.8) is 0 Å². The molecule has 0 aliphatic carbocycles. The minimum absolute atomic E-state index is 0.0423. The Balaban J connectivity index is 1.47. The third kappa shape index (κ3) is 3.85. The highest BCUT2D eigenvalue weighted by atomic mass is 32.2. The van der Waals surface area contributed by atoms with Gasteiger partial charge >= 0.3 is 0 Å². The van der Waals surface area contributed by atoms with Crippen molar-refractivity contribution in [1.82, 2.24) is 25.0 Å². The molecule has 2 heterocycles. The van der Waals surface area contributed by atoms with E-state index in [0.29, 0.717) is 16.7 Å². The number of carbonyl (C=O) groups excluding carboxylic acids is 1. The number of thioether (sulfide) groups is 1. The van der Waals surface area contributed by atoms with E-state index in [2.05, 4.69) is 25.7 Å². The van der Waals surface area contributed by atoms with Gasteiger partial charge in [0.2, 0.25) is 5.91 Å². The molecule has 0 aliphatic heterocycles. The SMILES string of the molecule is O=C(CSc1nnc(-c2n[nH]c3ccccc23)n1-c1ccccc1)Nc1ccccc1F. The number of benzene rings is 3. The lowest BCUT2D eigenvalue weighted by Crippen LogP contribution is -2.15. The molecule has 0 spiro atoms. The summed E-state index contributed by atoms with van der Waals surface area (Å²) in [6.45, 7) is 0. The Labute approximate surface area is 186 Å². The summed E-state index contributed by atoms with van der Waals surface area (Å²) in [7, 11) is 0. The van der Waals surface area contributed by atoms with Crippen LogP contribution in [0.5, 0.6) is 0 Å². The van der Waals surface area contributed by atoms with Crippen LogP contribution >= 0.6 is 11.8 Å². The van der Waals surface area contributed by atoms with Crippen LogP contribution < -0.4 is 5.32 Å². The van der Waals surface area contributed by atoms with Crippen LogP contribution in [0.3, 0.4) is 0 Å². The Morgan fingerprint density at radius 2 is 1.72 bits per heavy atom. The second-order valence-corrected chi connectivity index (χ2v) is 7.85. The molecule has 2 aromatic heterocycles. The normalized spacial score (nSPS) is 11.0. The number of nitrogens with zero attached hydrogens (tertiary/aromatic N) is 4. The highest BCUT2D eigenvalue weighted by molar-refractivity contribution is 7.99. The molecule has 0 saturated carbocycles. The second-order valence-electron chi connectivity index (χ2n) is 6.91. The van der Waals surface area contributed by atoms with Crippen molar-refractivity contribution >= 4 is 34.3 Å². The first kappa shape index (κ1) is 20.0. The number of aromatic amines is 1. The average Bonchev–Trinajstić information content (AvgIpc) is 3.44. The van der Waals surface area contributed by atoms with Gasteiger partial charge in [0.25, 0.3) is 0 Å². The smallest absolute Gasteiger partial charge is 0.234 e. The predicted octanol–water partition coefficient (Wildman–Crippen LogP) is 4.68. The fourth-order valence-electron chi connectivity index (χ4n) is 3.34. The van der Waals surface area contributed by atoms with Crippen molar-refractivity contribution in [3.05, 3.63) is 84.7 Å². The van der Waals surface area contributed by atoms with E-state index in [0.717, 1.165) is 16.6 Å². The number of rotatable bonds is 6. The number of fused-ring (bicyclic) bond motifs is 1. The number of halogens is 1. The van der Waals surface area contributed by atoms with Gasteiger partial charge in [-0.3, -0.25) is 14.5 Å². The number of hydrogen-bond donors (Lipinski definition) is 2. The number of aromatic nitrogens is 5. The summed E-state index contributed by atoms with van der Waals surface area (Å²) in [5.41, 5.74) is 2.55. The predicted molar refractivity (Wildman–Crippen MR) is 122 cm³/mol. The number of anilines is 1. The maximum Gasteiger partial charge on any atom is 0.234 e. The molecule has 2 N–H and O–H groups in total. The molecule has 1 amide bonds. The Morgan fingerprint density at radius 3 is 2.56 bits per heavy atom. The summed E-state index contributed by atoms with van der Waals surface area (Å²) in [5, 5.41) is 20.2. The van der Waals surface area contributed by atoms with Crippen LogP contribution in [0.1, 0.15) is 0 Å². The second kappa shape index (κ2) is 8.64. The van der Waals surface area contributed by atoms with Gasteiger partial charge in [0, 0.05) is 11.1 Å². The Hall–Kier alpha value is -3.98. The molecular weight excluding hydrogens is 427 g/mol. The first-order chi connectivity index (χ1) is 15.7. The molecule has 0 fully saturated rings. The van der Waals surface area contributed by atoms with E-state index in [1.807, 2.05) is 59.2 Å². The first-order valence-electron chi connectivity index (χ1n) is 9.82. The van der Waals surface area contributed by atoms with Crippen LogP contribution in [-0.4, -0.2) is 36.6 Å². The molecule has 32 heavy (non-hydrogen) atoms. The zero-order valence-corrected chi connectivity index (χ0v) is 17.5. The maximum atomic E-state index is 13.8. The molecule has 0 unspecified atom stereocenters. The van der Waals surface area contributed by atoms with Crippen molar-refractivity contribution in [2.75, 3.05) is 11.1 Å². The van der Waals surface area contributed by atoms with Crippen molar-refractivity contribution < 1.29 is 9.18 Å². The summed E-state index contributed by atoms with van der Waals surface area (Å²) in [5.74, 6) is -0.216. The van der Waals surface area contributed by atoms with E-state index in [4.69, 9.17) is 0 Å².